The van der Waals surface area contributed by atoms with Crippen LogP contribution in [0, 0.1) is 5.82 Å². The molecule has 0 saturated heterocycles. The maximum absolute atomic E-state index is 13.1. The number of fused-ring (bicyclic) bond motifs is 1. The van der Waals surface area contributed by atoms with E-state index < -0.39 is 17.6 Å². The first kappa shape index (κ1) is 19.2. The third-order valence-corrected chi connectivity index (χ3v) is 4.10. The van der Waals surface area contributed by atoms with Crippen LogP contribution in [0.25, 0.3) is 10.9 Å². The molecule has 0 spiro atoms. The van der Waals surface area contributed by atoms with Gasteiger partial charge in [-0.15, -0.1) is 0 Å². The highest BCUT2D eigenvalue weighted by Crippen LogP contribution is 2.34. The zero-order valence-corrected chi connectivity index (χ0v) is 14.9. The van der Waals surface area contributed by atoms with Gasteiger partial charge in [-0.3, -0.25) is 9.78 Å². The minimum Gasteiger partial charge on any atom is -0.505 e. The van der Waals surface area contributed by atoms with Crippen LogP contribution in [-0.4, -0.2) is 40.8 Å². The van der Waals surface area contributed by atoms with Crippen LogP contribution in [0.2, 0.25) is 0 Å². The van der Waals surface area contributed by atoms with Crippen molar-refractivity contribution in [2.75, 3.05) is 19.0 Å². The predicted octanol–water partition coefficient (Wildman–Crippen LogP) is 2.95. The minimum absolute atomic E-state index is 0.0514. The first-order valence-corrected chi connectivity index (χ1v) is 8.30. The SMILES string of the molecule is COCC(=O)Nc1cc(C(=O)O)c(O)c2ncc(Cc3ccc(F)cc3)cc12. The molecule has 2 aromatic carbocycles. The Morgan fingerprint density at radius 3 is 2.54 bits per heavy atom. The number of carbonyl (C=O) groups excluding carboxylic acids is 1. The van der Waals surface area contributed by atoms with Crippen molar-refractivity contribution in [2.24, 2.45) is 0 Å². The van der Waals surface area contributed by atoms with Crippen molar-refractivity contribution in [2.45, 2.75) is 6.42 Å². The fraction of sp³-hybridized carbons (Fsp3) is 0.150. The Morgan fingerprint density at radius 1 is 1.18 bits per heavy atom. The lowest BCUT2D eigenvalue weighted by Gasteiger charge is -2.13. The number of methoxy groups -OCH3 is 1. The maximum Gasteiger partial charge on any atom is 0.339 e. The maximum atomic E-state index is 13.1. The topological polar surface area (TPSA) is 109 Å². The molecule has 3 N–H and O–H groups in total. The zero-order valence-electron chi connectivity index (χ0n) is 14.9. The lowest BCUT2D eigenvalue weighted by Crippen LogP contribution is -2.18. The van der Waals surface area contributed by atoms with Gasteiger partial charge in [-0.05, 0) is 41.8 Å². The quantitative estimate of drug-likeness (QED) is 0.564. The minimum atomic E-state index is -1.35. The molecule has 0 aliphatic heterocycles. The molecule has 1 amide bonds. The average Bonchev–Trinajstić information content (AvgIpc) is 2.66. The molecule has 144 valence electrons. The number of carboxylic acids is 1. The monoisotopic (exact) mass is 384 g/mol. The molecule has 3 rings (SSSR count). The number of anilines is 1. The zero-order chi connectivity index (χ0) is 20.3. The number of hydrogen-bond acceptors (Lipinski definition) is 5. The molecular weight excluding hydrogens is 367 g/mol. The molecule has 1 heterocycles. The van der Waals surface area contributed by atoms with Gasteiger partial charge in [-0.1, -0.05) is 12.1 Å². The molecule has 0 atom stereocenters. The summed E-state index contributed by atoms with van der Waals surface area (Å²) in [4.78, 5) is 27.5. The number of benzene rings is 2. The van der Waals surface area contributed by atoms with Gasteiger partial charge in [0, 0.05) is 18.7 Å². The van der Waals surface area contributed by atoms with Gasteiger partial charge in [0.25, 0.3) is 0 Å². The van der Waals surface area contributed by atoms with Crippen LogP contribution in [0.1, 0.15) is 21.5 Å². The molecule has 8 heteroatoms. The molecule has 28 heavy (non-hydrogen) atoms. The summed E-state index contributed by atoms with van der Waals surface area (Å²) in [6, 6.07) is 8.87. The van der Waals surface area contributed by atoms with Crippen molar-refractivity contribution in [3.63, 3.8) is 0 Å². The van der Waals surface area contributed by atoms with Crippen molar-refractivity contribution in [1.29, 1.82) is 0 Å². The molecule has 3 aromatic rings. The lowest BCUT2D eigenvalue weighted by molar-refractivity contribution is -0.119. The van der Waals surface area contributed by atoms with Gasteiger partial charge in [0.05, 0.1) is 5.69 Å². The molecule has 0 saturated carbocycles. The third kappa shape index (κ3) is 4.07. The highest BCUT2D eigenvalue weighted by Gasteiger charge is 2.19. The Labute approximate surface area is 159 Å². The number of carbonyl (C=O) groups is 2. The number of aromatic nitrogens is 1. The Morgan fingerprint density at radius 2 is 1.89 bits per heavy atom. The summed E-state index contributed by atoms with van der Waals surface area (Å²) in [5, 5.41) is 22.5. The number of amides is 1. The average molecular weight is 384 g/mol. The Bertz CT molecular complexity index is 1050. The van der Waals surface area contributed by atoms with Crippen molar-refractivity contribution in [3.05, 3.63) is 65.1 Å². The second kappa shape index (κ2) is 8.01. The second-order valence-corrected chi connectivity index (χ2v) is 6.15. The predicted molar refractivity (Wildman–Crippen MR) is 100 cm³/mol. The summed E-state index contributed by atoms with van der Waals surface area (Å²) in [6.45, 7) is -0.215. The van der Waals surface area contributed by atoms with Crippen LogP contribution in [0.5, 0.6) is 5.75 Å². The van der Waals surface area contributed by atoms with Crippen LogP contribution >= 0.6 is 0 Å². The van der Waals surface area contributed by atoms with E-state index >= 15 is 0 Å². The first-order valence-electron chi connectivity index (χ1n) is 8.30. The number of rotatable bonds is 6. The van der Waals surface area contributed by atoms with Gasteiger partial charge in [-0.25, -0.2) is 9.18 Å². The van der Waals surface area contributed by atoms with Crippen LogP contribution in [0.15, 0.2) is 42.6 Å². The summed E-state index contributed by atoms with van der Waals surface area (Å²) in [5.74, 6) is -2.65. The summed E-state index contributed by atoms with van der Waals surface area (Å²) in [6.07, 6.45) is 1.94. The summed E-state index contributed by atoms with van der Waals surface area (Å²) < 4.78 is 17.9. The fourth-order valence-corrected chi connectivity index (χ4v) is 2.84. The Balaban J connectivity index is 2.08. The first-order chi connectivity index (χ1) is 13.4. The van der Waals surface area contributed by atoms with Crippen LogP contribution in [0.4, 0.5) is 10.1 Å². The lowest BCUT2D eigenvalue weighted by atomic mass is 10.0. The summed E-state index contributed by atoms with van der Waals surface area (Å²) in [7, 11) is 1.36. The molecule has 0 fully saturated rings. The molecule has 0 aliphatic rings. The number of aromatic carboxylic acids is 1. The van der Waals surface area contributed by atoms with Gasteiger partial charge >= 0.3 is 5.97 Å². The van der Waals surface area contributed by atoms with Crippen molar-refractivity contribution in [3.8, 4) is 5.75 Å². The Kier molecular flexibility index (Phi) is 5.51. The van der Waals surface area contributed by atoms with Crippen LogP contribution in [-0.2, 0) is 16.0 Å². The third-order valence-electron chi connectivity index (χ3n) is 4.10. The van der Waals surface area contributed by atoms with E-state index in [2.05, 4.69) is 10.3 Å². The number of ether oxygens (including phenoxy) is 1. The van der Waals surface area contributed by atoms with E-state index in [4.69, 9.17) is 4.74 Å². The molecular formula is C20H17FN2O5. The van der Waals surface area contributed by atoms with E-state index in [-0.39, 0.29) is 29.2 Å². The normalized spacial score (nSPS) is 10.8. The van der Waals surface area contributed by atoms with Crippen molar-refractivity contribution in [1.82, 2.24) is 4.98 Å². The van der Waals surface area contributed by atoms with E-state index in [0.717, 1.165) is 11.1 Å². The van der Waals surface area contributed by atoms with Gasteiger partial charge in [0.15, 0.2) is 5.75 Å². The molecule has 0 unspecified atom stereocenters. The van der Waals surface area contributed by atoms with Gasteiger partial charge in [0.1, 0.15) is 23.5 Å². The number of carboxylic acid groups (broad SMARTS) is 1. The van der Waals surface area contributed by atoms with Gasteiger partial charge in [-0.2, -0.15) is 0 Å². The number of aromatic hydroxyl groups is 1. The van der Waals surface area contributed by atoms with E-state index in [1.165, 1.54) is 31.5 Å². The molecule has 0 aliphatic carbocycles. The highest BCUT2D eigenvalue weighted by molar-refractivity contribution is 6.08. The van der Waals surface area contributed by atoms with E-state index in [1.54, 1.807) is 18.2 Å². The summed E-state index contributed by atoms with van der Waals surface area (Å²) >= 11 is 0. The van der Waals surface area contributed by atoms with Crippen molar-refractivity contribution >= 4 is 28.5 Å². The number of nitrogens with zero attached hydrogens (tertiary/aromatic N) is 1. The van der Waals surface area contributed by atoms with Gasteiger partial charge < -0.3 is 20.3 Å². The van der Waals surface area contributed by atoms with E-state index in [1.807, 2.05) is 0 Å². The molecule has 0 bridgehead atoms. The smallest absolute Gasteiger partial charge is 0.339 e. The van der Waals surface area contributed by atoms with Crippen LogP contribution < -0.4 is 5.32 Å². The molecule has 1 aromatic heterocycles. The van der Waals surface area contributed by atoms with Gasteiger partial charge in [0.2, 0.25) is 5.91 Å². The standard InChI is InChI=1S/C20H17FN2O5/c1-28-10-17(24)23-16-8-15(20(26)27)19(25)18-14(16)7-12(9-22-18)6-11-2-4-13(21)5-3-11/h2-5,7-9,25H,6,10H2,1H3,(H,23,24)(H,26,27). The van der Waals surface area contributed by atoms with E-state index in [9.17, 15) is 24.2 Å². The fourth-order valence-electron chi connectivity index (χ4n) is 2.84. The molecule has 0 radical (unpaired) electrons. The summed E-state index contributed by atoms with van der Waals surface area (Å²) in [5.41, 5.74) is 1.46. The Hall–Kier alpha value is -3.52. The highest BCUT2D eigenvalue weighted by atomic mass is 19.1. The van der Waals surface area contributed by atoms with E-state index in [0.29, 0.717) is 11.8 Å². The number of phenols is 1. The number of halogens is 1. The number of pyridine rings is 1. The van der Waals surface area contributed by atoms with Crippen molar-refractivity contribution < 1.29 is 28.9 Å². The number of hydrogen-bond donors (Lipinski definition) is 3. The number of nitrogens with one attached hydrogen (secondary N) is 1. The second-order valence-electron chi connectivity index (χ2n) is 6.15. The van der Waals surface area contributed by atoms with Crippen LogP contribution in [0.3, 0.4) is 0 Å². The largest absolute Gasteiger partial charge is 0.505 e. The molecule has 7 nitrogen and oxygen atoms in total.